The average molecular weight is 249 g/mol. The molecule has 0 aliphatic carbocycles. The predicted octanol–water partition coefficient (Wildman–Crippen LogP) is 2.36. The van der Waals surface area contributed by atoms with Gasteiger partial charge < -0.3 is 5.73 Å². The third-order valence-electron chi connectivity index (χ3n) is 1.51. The fourth-order valence-corrected chi connectivity index (χ4v) is 2.86. The van der Waals surface area contributed by atoms with Crippen LogP contribution >= 0.6 is 27.3 Å². The second kappa shape index (κ2) is 4.35. The van der Waals surface area contributed by atoms with Gasteiger partial charge in [0.05, 0.1) is 5.01 Å². The maximum atomic E-state index is 5.68. The summed E-state index contributed by atoms with van der Waals surface area (Å²) in [4.78, 5) is 5.69. The molecule has 1 unspecified atom stereocenters. The van der Waals surface area contributed by atoms with Gasteiger partial charge in [0.2, 0.25) is 0 Å². The number of hydrogen-bond donors (Lipinski definition) is 1. The van der Waals surface area contributed by atoms with Crippen LogP contribution in [0, 0.1) is 0 Å². The molecule has 1 heterocycles. The summed E-state index contributed by atoms with van der Waals surface area (Å²) in [5, 5.41) is 1.13. The van der Waals surface area contributed by atoms with E-state index in [9.17, 15) is 0 Å². The SMILES string of the molecule is CCc1sc(CC(C)N)nc1Br. The first-order valence-corrected chi connectivity index (χ1v) is 5.64. The van der Waals surface area contributed by atoms with Crippen molar-refractivity contribution in [2.75, 3.05) is 0 Å². The summed E-state index contributed by atoms with van der Waals surface area (Å²) in [5.41, 5.74) is 5.68. The quantitative estimate of drug-likeness (QED) is 0.893. The van der Waals surface area contributed by atoms with Crippen molar-refractivity contribution in [3.63, 3.8) is 0 Å². The minimum absolute atomic E-state index is 0.202. The van der Waals surface area contributed by atoms with Crippen molar-refractivity contribution >= 4 is 27.3 Å². The van der Waals surface area contributed by atoms with E-state index in [0.29, 0.717) is 0 Å². The smallest absolute Gasteiger partial charge is 0.120 e. The normalized spacial score (nSPS) is 13.3. The average Bonchev–Trinajstić information content (AvgIpc) is 2.29. The van der Waals surface area contributed by atoms with E-state index in [-0.39, 0.29) is 6.04 Å². The predicted molar refractivity (Wildman–Crippen MR) is 56.5 cm³/mol. The molecule has 2 nitrogen and oxygen atoms in total. The van der Waals surface area contributed by atoms with Crippen LogP contribution in [0.4, 0.5) is 0 Å². The fraction of sp³-hybridized carbons (Fsp3) is 0.625. The first-order chi connectivity index (χ1) is 5.63. The molecule has 1 aromatic heterocycles. The van der Waals surface area contributed by atoms with Crippen LogP contribution in [-0.4, -0.2) is 11.0 Å². The van der Waals surface area contributed by atoms with Crippen molar-refractivity contribution in [3.05, 3.63) is 14.5 Å². The molecule has 0 saturated carbocycles. The van der Waals surface area contributed by atoms with Gasteiger partial charge in [0.15, 0.2) is 0 Å². The van der Waals surface area contributed by atoms with Crippen molar-refractivity contribution in [3.8, 4) is 0 Å². The molecule has 0 amide bonds. The van der Waals surface area contributed by atoms with E-state index in [4.69, 9.17) is 5.73 Å². The number of aryl methyl sites for hydroxylation is 1. The lowest BCUT2D eigenvalue weighted by Crippen LogP contribution is -2.17. The van der Waals surface area contributed by atoms with Gasteiger partial charge in [0, 0.05) is 17.3 Å². The molecule has 0 spiro atoms. The van der Waals surface area contributed by atoms with Crippen LogP contribution in [0.2, 0.25) is 0 Å². The molecular formula is C8H13BrN2S. The van der Waals surface area contributed by atoms with Gasteiger partial charge in [0.25, 0.3) is 0 Å². The van der Waals surface area contributed by atoms with Crippen molar-refractivity contribution < 1.29 is 0 Å². The van der Waals surface area contributed by atoms with Gasteiger partial charge in [-0.2, -0.15) is 0 Å². The zero-order chi connectivity index (χ0) is 9.14. The minimum Gasteiger partial charge on any atom is -0.328 e. The standard InChI is InChI=1S/C8H13BrN2S/c1-3-6-8(9)11-7(12-6)4-5(2)10/h5H,3-4,10H2,1-2H3. The number of aromatic nitrogens is 1. The molecule has 1 aromatic rings. The van der Waals surface area contributed by atoms with Crippen LogP contribution in [0.15, 0.2) is 4.60 Å². The van der Waals surface area contributed by atoms with Gasteiger partial charge >= 0.3 is 0 Å². The third kappa shape index (κ3) is 2.54. The maximum absolute atomic E-state index is 5.68. The minimum atomic E-state index is 0.202. The first kappa shape index (κ1) is 10.2. The van der Waals surface area contributed by atoms with Gasteiger partial charge in [-0.05, 0) is 29.3 Å². The zero-order valence-electron chi connectivity index (χ0n) is 7.30. The highest BCUT2D eigenvalue weighted by molar-refractivity contribution is 9.10. The highest BCUT2D eigenvalue weighted by Crippen LogP contribution is 2.24. The lowest BCUT2D eigenvalue weighted by Gasteiger charge is -1.98. The van der Waals surface area contributed by atoms with Crippen LogP contribution in [-0.2, 0) is 12.8 Å². The molecule has 0 radical (unpaired) electrons. The van der Waals surface area contributed by atoms with Crippen LogP contribution in [0.5, 0.6) is 0 Å². The number of nitrogens with two attached hydrogens (primary N) is 1. The molecular weight excluding hydrogens is 236 g/mol. The van der Waals surface area contributed by atoms with Crippen LogP contribution in [0.1, 0.15) is 23.7 Å². The van der Waals surface area contributed by atoms with E-state index in [1.807, 2.05) is 6.92 Å². The highest BCUT2D eigenvalue weighted by atomic mass is 79.9. The first-order valence-electron chi connectivity index (χ1n) is 4.03. The van der Waals surface area contributed by atoms with Crippen molar-refractivity contribution in [1.29, 1.82) is 0 Å². The molecule has 2 N–H and O–H groups in total. The largest absolute Gasteiger partial charge is 0.328 e. The summed E-state index contributed by atoms with van der Waals surface area (Å²) < 4.78 is 0.991. The summed E-state index contributed by atoms with van der Waals surface area (Å²) in [6.45, 7) is 4.13. The van der Waals surface area contributed by atoms with E-state index in [2.05, 4.69) is 27.8 Å². The molecule has 1 atom stereocenters. The lowest BCUT2D eigenvalue weighted by atomic mass is 10.3. The topological polar surface area (TPSA) is 38.9 Å². The molecule has 0 aliphatic rings. The Labute approximate surface area is 85.3 Å². The second-order valence-electron chi connectivity index (χ2n) is 2.86. The molecule has 1 rings (SSSR count). The van der Waals surface area contributed by atoms with Gasteiger partial charge in [-0.3, -0.25) is 0 Å². The molecule has 0 aromatic carbocycles. The van der Waals surface area contributed by atoms with E-state index in [0.717, 1.165) is 22.5 Å². The molecule has 0 bridgehead atoms. The van der Waals surface area contributed by atoms with Crippen LogP contribution < -0.4 is 5.73 Å². The van der Waals surface area contributed by atoms with Crippen molar-refractivity contribution in [2.24, 2.45) is 5.73 Å². The molecule has 4 heteroatoms. The highest BCUT2D eigenvalue weighted by Gasteiger charge is 2.07. The Morgan fingerprint density at radius 2 is 2.33 bits per heavy atom. The molecule has 0 fully saturated rings. The Balaban J connectivity index is 2.75. The fourth-order valence-electron chi connectivity index (χ4n) is 0.960. The number of hydrogen-bond acceptors (Lipinski definition) is 3. The zero-order valence-corrected chi connectivity index (χ0v) is 9.70. The molecule has 12 heavy (non-hydrogen) atoms. The Morgan fingerprint density at radius 3 is 2.75 bits per heavy atom. The van der Waals surface area contributed by atoms with E-state index >= 15 is 0 Å². The third-order valence-corrected chi connectivity index (χ3v) is 3.65. The monoisotopic (exact) mass is 248 g/mol. The molecule has 68 valence electrons. The van der Waals surface area contributed by atoms with Crippen LogP contribution in [0.25, 0.3) is 0 Å². The summed E-state index contributed by atoms with van der Waals surface area (Å²) in [7, 11) is 0. The Bertz CT molecular complexity index is 258. The van der Waals surface area contributed by atoms with Crippen molar-refractivity contribution in [1.82, 2.24) is 4.98 Å². The molecule has 0 saturated heterocycles. The number of rotatable bonds is 3. The van der Waals surface area contributed by atoms with E-state index in [1.54, 1.807) is 11.3 Å². The van der Waals surface area contributed by atoms with Gasteiger partial charge in [-0.1, -0.05) is 6.92 Å². The summed E-state index contributed by atoms with van der Waals surface area (Å²) in [6.07, 6.45) is 1.92. The maximum Gasteiger partial charge on any atom is 0.120 e. The number of thiazole rings is 1. The molecule has 0 aliphatic heterocycles. The van der Waals surface area contributed by atoms with Gasteiger partial charge in [0.1, 0.15) is 4.60 Å². The van der Waals surface area contributed by atoms with E-state index in [1.165, 1.54) is 4.88 Å². The second-order valence-corrected chi connectivity index (χ2v) is 4.78. The Hall–Kier alpha value is 0.0700. The van der Waals surface area contributed by atoms with Crippen LogP contribution in [0.3, 0.4) is 0 Å². The number of halogens is 1. The van der Waals surface area contributed by atoms with Gasteiger partial charge in [-0.25, -0.2) is 4.98 Å². The Morgan fingerprint density at radius 1 is 1.67 bits per heavy atom. The summed E-state index contributed by atoms with van der Waals surface area (Å²) in [5.74, 6) is 0. The van der Waals surface area contributed by atoms with E-state index < -0.39 is 0 Å². The summed E-state index contributed by atoms with van der Waals surface area (Å²) in [6, 6.07) is 0.202. The van der Waals surface area contributed by atoms with Crippen molar-refractivity contribution in [2.45, 2.75) is 32.7 Å². The number of nitrogens with zero attached hydrogens (tertiary/aromatic N) is 1. The van der Waals surface area contributed by atoms with Gasteiger partial charge in [-0.15, -0.1) is 11.3 Å². The Kier molecular flexibility index (Phi) is 3.68. The lowest BCUT2D eigenvalue weighted by molar-refractivity contribution is 0.733. The summed E-state index contributed by atoms with van der Waals surface area (Å²) >= 11 is 5.18.